The van der Waals surface area contributed by atoms with Crippen LogP contribution in [0.3, 0.4) is 0 Å². The molecule has 1 heterocycles. The van der Waals surface area contributed by atoms with Gasteiger partial charge in [0.1, 0.15) is 9.88 Å². The Morgan fingerprint density at radius 2 is 1.88 bits per heavy atom. The number of aryl methyl sites for hydroxylation is 2. The summed E-state index contributed by atoms with van der Waals surface area (Å²) in [6, 6.07) is 7.31. The quantitative estimate of drug-likeness (QED) is 0.735. The number of alkyl halides is 3. The molecule has 0 saturated carbocycles. The fourth-order valence-corrected chi connectivity index (χ4v) is 2.49. The minimum Gasteiger partial charge on any atom is -0.241 e. The van der Waals surface area contributed by atoms with Crippen molar-refractivity contribution >= 4 is 11.3 Å². The zero-order valence-electron chi connectivity index (χ0n) is 9.30. The standard InChI is InChI=1S/C12H10F3NS/c1-7-4-3-5-9(6-7)11-16-8(2)10(17-11)12(13,14)15/h3-6H,1-2H3. The first-order valence-electron chi connectivity index (χ1n) is 4.99. The summed E-state index contributed by atoms with van der Waals surface area (Å²) >= 11 is 0.692. The van der Waals surface area contributed by atoms with Gasteiger partial charge in [0.05, 0.1) is 5.69 Å². The number of aromatic nitrogens is 1. The highest BCUT2D eigenvalue weighted by Gasteiger charge is 2.35. The molecule has 0 saturated heterocycles. The summed E-state index contributed by atoms with van der Waals surface area (Å²) in [4.78, 5) is 3.37. The van der Waals surface area contributed by atoms with Crippen LogP contribution in [0.5, 0.6) is 0 Å². The predicted molar refractivity (Wildman–Crippen MR) is 62.0 cm³/mol. The van der Waals surface area contributed by atoms with Crippen molar-refractivity contribution in [3.63, 3.8) is 0 Å². The molecule has 1 aromatic heterocycles. The molecular formula is C12H10F3NS. The maximum Gasteiger partial charge on any atom is 0.427 e. The van der Waals surface area contributed by atoms with Crippen LogP contribution in [0.15, 0.2) is 24.3 Å². The highest BCUT2D eigenvalue weighted by molar-refractivity contribution is 7.15. The third-order valence-corrected chi connectivity index (χ3v) is 3.57. The summed E-state index contributed by atoms with van der Waals surface area (Å²) < 4.78 is 37.9. The number of nitrogens with zero attached hydrogens (tertiary/aromatic N) is 1. The van der Waals surface area contributed by atoms with E-state index in [-0.39, 0.29) is 5.69 Å². The van der Waals surface area contributed by atoms with E-state index < -0.39 is 11.1 Å². The molecule has 0 fully saturated rings. The second-order valence-corrected chi connectivity index (χ2v) is 4.80. The van der Waals surface area contributed by atoms with Crippen molar-refractivity contribution in [1.82, 2.24) is 4.98 Å². The van der Waals surface area contributed by atoms with Crippen LogP contribution in [-0.4, -0.2) is 4.98 Å². The second kappa shape index (κ2) is 4.14. The Bertz CT molecular complexity index is 543. The van der Waals surface area contributed by atoms with Crippen molar-refractivity contribution in [2.75, 3.05) is 0 Å². The van der Waals surface area contributed by atoms with Gasteiger partial charge in [-0.25, -0.2) is 4.98 Å². The number of rotatable bonds is 1. The molecule has 0 spiro atoms. The van der Waals surface area contributed by atoms with E-state index in [4.69, 9.17) is 0 Å². The number of halogens is 3. The molecule has 5 heteroatoms. The van der Waals surface area contributed by atoms with Crippen LogP contribution in [-0.2, 0) is 6.18 Å². The molecule has 0 aliphatic heterocycles. The fourth-order valence-electron chi connectivity index (χ4n) is 1.56. The van der Waals surface area contributed by atoms with Crippen LogP contribution in [0.2, 0.25) is 0 Å². The zero-order valence-corrected chi connectivity index (χ0v) is 10.1. The van der Waals surface area contributed by atoms with Crippen LogP contribution in [0, 0.1) is 13.8 Å². The Morgan fingerprint density at radius 1 is 1.18 bits per heavy atom. The van der Waals surface area contributed by atoms with Crippen LogP contribution in [0.4, 0.5) is 13.2 Å². The normalized spacial score (nSPS) is 11.8. The predicted octanol–water partition coefficient (Wildman–Crippen LogP) is 4.45. The minimum atomic E-state index is -4.32. The van der Waals surface area contributed by atoms with Crippen LogP contribution < -0.4 is 0 Å². The molecular weight excluding hydrogens is 247 g/mol. The average molecular weight is 257 g/mol. The molecule has 1 nitrogen and oxygen atoms in total. The van der Waals surface area contributed by atoms with Crippen LogP contribution in [0.1, 0.15) is 16.1 Å². The first-order chi connectivity index (χ1) is 7.88. The van der Waals surface area contributed by atoms with Gasteiger partial charge in [0.2, 0.25) is 0 Å². The van der Waals surface area contributed by atoms with Gasteiger partial charge >= 0.3 is 6.18 Å². The molecule has 1 aromatic carbocycles. The van der Waals surface area contributed by atoms with Crippen LogP contribution >= 0.6 is 11.3 Å². The molecule has 0 atom stereocenters. The van der Waals surface area contributed by atoms with E-state index in [1.54, 1.807) is 6.07 Å². The van der Waals surface area contributed by atoms with Gasteiger partial charge in [-0.05, 0) is 19.9 Å². The van der Waals surface area contributed by atoms with Gasteiger partial charge < -0.3 is 0 Å². The summed E-state index contributed by atoms with van der Waals surface area (Å²) in [5.74, 6) is 0. The topological polar surface area (TPSA) is 12.9 Å². The van der Waals surface area contributed by atoms with Crippen molar-refractivity contribution in [2.24, 2.45) is 0 Å². The van der Waals surface area contributed by atoms with Gasteiger partial charge in [0.25, 0.3) is 0 Å². The lowest BCUT2D eigenvalue weighted by atomic mass is 10.1. The lowest BCUT2D eigenvalue weighted by molar-refractivity contribution is -0.134. The van der Waals surface area contributed by atoms with E-state index in [2.05, 4.69) is 4.98 Å². The van der Waals surface area contributed by atoms with Crippen molar-refractivity contribution in [1.29, 1.82) is 0 Å². The van der Waals surface area contributed by atoms with E-state index in [9.17, 15) is 13.2 Å². The summed E-state index contributed by atoms with van der Waals surface area (Å²) in [6.45, 7) is 3.28. The molecule has 2 aromatic rings. The smallest absolute Gasteiger partial charge is 0.241 e. The summed E-state index contributed by atoms with van der Waals surface area (Å²) in [5, 5.41) is 0.415. The number of benzene rings is 1. The van der Waals surface area contributed by atoms with Gasteiger partial charge in [-0.15, -0.1) is 11.3 Å². The van der Waals surface area contributed by atoms with Crippen molar-refractivity contribution in [3.8, 4) is 10.6 Å². The van der Waals surface area contributed by atoms with Crippen molar-refractivity contribution in [2.45, 2.75) is 20.0 Å². The third-order valence-electron chi connectivity index (χ3n) is 2.32. The van der Waals surface area contributed by atoms with E-state index in [1.165, 1.54) is 6.92 Å². The first-order valence-corrected chi connectivity index (χ1v) is 5.81. The minimum absolute atomic E-state index is 0.0407. The third kappa shape index (κ3) is 2.49. The monoisotopic (exact) mass is 257 g/mol. The maximum absolute atomic E-state index is 12.6. The number of thiazole rings is 1. The molecule has 0 aliphatic carbocycles. The van der Waals surface area contributed by atoms with Crippen LogP contribution in [0.25, 0.3) is 10.6 Å². The lowest BCUT2D eigenvalue weighted by Gasteiger charge is -2.02. The molecule has 0 amide bonds. The first kappa shape index (κ1) is 12.1. The Balaban J connectivity index is 2.49. The largest absolute Gasteiger partial charge is 0.427 e. The number of hydrogen-bond acceptors (Lipinski definition) is 2. The highest BCUT2D eigenvalue weighted by atomic mass is 32.1. The van der Waals surface area contributed by atoms with E-state index in [0.29, 0.717) is 16.3 Å². The molecule has 17 heavy (non-hydrogen) atoms. The second-order valence-electron chi connectivity index (χ2n) is 3.80. The summed E-state index contributed by atoms with van der Waals surface area (Å²) in [6.07, 6.45) is -4.32. The molecule has 2 rings (SSSR count). The summed E-state index contributed by atoms with van der Waals surface area (Å²) in [5.41, 5.74) is 1.77. The lowest BCUT2D eigenvalue weighted by Crippen LogP contribution is -2.03. The fraction of sp³-hybridized carbons (Fsp3) is 0.250. The zero-order chi connectivity index (χ0) is 12.6. The molecule has 0 aliphatic rings. The molecule has 0 bridgehead atoms. The van der Waals surface area contributed by atoms with Crippen molar-refractivity contribution < 1.29 is 13.2 Å². The van der Waals surface area contributed by atoms with E-state index >= 15 is 0 Å². The summed E-state index contributed by atoms with van der Waals surface area (Å²) in [7, 11) is 0. The van der Waals surface area contributed by atoms with Gasteiger partial charge in [-0.2, -0.15) is 13.2 Å². The van der Waals surface area contributed by atoms with Gasteiger partial charge in [0.15, 0.2) is 0 Å². The van der Waals surface area contributed by atoms with Crippen molar-refractivity contribution in [3.05, 3.63) is 40.4 Å². The molecule has 0 N–H and O–H groups in total. The van der Waals surface area contributed by atoms with Gasteiger partial charge in [-0.1, -0.05) is 23.8 Å². The van der Waals surface area contributed by atoms with Gasteiger partial charge in [-0.3, -0.25) is 0 Å². The SMILES string of the molecule is Cc1cccc(-c2nc(C)c(C(F)(F)F)s2)c1. The Morgan fingerprint density at radius 3 is 2.41 bits per heavy atom. The van der Waals surface area contributed by atoms with Gasteiger partial charge in [0, 0.05) is 5.56 Å². The Labute approximate surface area is 101 Å². The van der Waals surface area contributed by atoms with E-state index in [0.717, 1.165) is 11.1 Å². The average Bonchev–Trinajstić information content (AvgIpc) is 2.60. The highest BCUT2D eigenvalue weighted by Crippen LogP contribution is 2.39. The molecule has 90 valence electrons. The molecule has 0 radical (unpaired) electrons. The molecule has 0 unspecified atom stereocenters. The number of hydrogen-bond donors (Lipinski definition) is 0. The Kier molecular flexibility index (Phi) is 2.95. The van der Waals surface area contributed by atoms with E-state index in [1.807, 2.05) is 25.1 Å². The Hall–Kier alpha value is -1.36. The maximum atomic E-state index is 12.6.